The molecule has 1 aliphatic rings. The molecule has 0 saturated carbocycles. The van der Waals surface area contributed by atoms with E-state index in [0.717, 1.165) is 12.1 Å². The maximum atomic E-state index is 3.59. The summed E-state index contributed by atoms with van der Waals surface area (Å²) in [6, 6.07) is 1.62. The van der Waals surface area contributed by atoms with Crippen LogP contribution >= 0.6 is 0 Å². The van der Waals surface area contributed by atoms with Crippen molar-refractivity contribution >= 4 is 0 Å². The first-order chi connectivity index (χ1) is 4.83. The van der Waals surface area contributed by atoms with E-state index in [0.29, 0.717) is 0 Å². The van der Waals surface area contributed by atoms with E-state index in [2.05, 4.69) is 19.2 Å². The topological polar surface area (TPSA) is 12.0 Å². The lowest BCUT2D eigenvalue weighted by molar-refractivity contribution is 0.507. The van der Waals surface area contributed by atoms with Gasteiger partial charge in [0.2, 0.25) is 0 Å². The van der Waals surface area contributed by atoms with Crippen molar-refractivity contribution in [2.24, 2.45) is 0 Å². The number of hydrogen-bond acceptors (Lipinski definition) is 1. The van der Waals surface area contributed by atoms with E-state index in [-0.39, 0.29) is 0 Å². The van der Waals surface area contributed by atoms with Crippen molar-refractivity contribution in [2.75, 3.05) is 0 Å². The van der Waals surface area contributed by atoms with Crippen LogP contribution in [0.5, 0.6) is 0 Å². The second kappa shape index (κ2) is 3.97. The monoisotopic (exact) mass is 141 g/mol. The molecule has 1 aliphatic heterocycles. The van der Waals surface area contributed by atoms with Gasteiger partial charge in [0.25, 0.3) is 0 Å². The minimum Gasteiger partial charge on any atom is -0.312 e. The van der Waals surface area contributed by atoms with E-state index in [4.69, 9.17) is 0 Å². The molecule has 0 aliphatic carbocycles. The molecule has 1 N–H and O–H groups in total. The molecule has 1 heteroatoms. The van der Waals surface area contributed by atoms with Crippen LogP contribution in [-0.2, 0) is 0 Å². The molecule has 2 atom stereocenters. The first kappa shape index (κ1) is 8.06. The smallest absolute Gasteiger partial charge is 0.00701 e. The molecule has 10 heavy (non-hydrogen) atoms. The molecular weight excluding hydrogens is 122 g/mol. The minimum atomic E-state index is 0.779. The van der Waals surface area contributed by atoms with Gasteiger partial charge in [-0.3, -0.25) is 0 Å². The average Bonchev–Trinajstić information content (AvgIpc) is 2.31. The number of unbranched alkanes of at least 4 members (excludes halogenated alkanes) is 1. The van der Waals surface area contributed by atoms with Crippen LogP contribution in [-0.4, -0.2) is 12.1 Å². The summed E-state index contributed by atoms with van der Waals surface area (Å²) in [5.74, 6) is 0. The zero-order valence-corrected chi connectivity index (χ0v) is 7.19. The van der Waals surface area contributed by atoms with Gasteiger partial charge in [0.05, 0.1) is 0 Å². The molecule has 1 saturated heterocycles. The van der Waals surface area contributed by atoms with Crippen molar-refractivity contribution < 1.29 is 0 Å². The van der Waals surface area contributed by atoms with Crippen molar-refractivity contribution in [3.8, 4) is 0 Å². The molecule has 0 radical (unpaired) electrons. The summed E-state index contributed by atoms with van der Waals surface area (Å²) in [5.41, 5.74) is 0. The van der Waals surface area contributed by atoms with Crippen LogP contribution in [0.2, 0.25) is 0 Å². The Bertz CT molecular complexity index is 90.7. The molecule has 0 aromatic carbocycles. The Balaban J connectivity index is 2.06. The zero-order valence-electron chi connectivity index (χ0n) is 7.19. The summed E-state index contributed by atoms with van der Waals surface area (Å²) in [4.78, 5) is 0. The van der Waals surface area contributed by atoms with Gasteiger partial charge in [0.1, 0.15) is 0 Å². The molecule has 60 valence electrons. The van der Waals surface area contributed by atoms with Crippen LogP contribution in [0.3, 0.4) is 0 Å². The molecule has 0 bridgehead atoms. The standard InChI is InChI=1S/C9H19N/c1-3-4-5-9-7-6-8(2)10-9/h8-10H,3-7H2,1-2H3. The fourth-order valence-electron chi connectivity index (χ4n) is 1.70. The van der Waals surface area contributed by atoms with Crippen LogP contribution in [0, 0.1) is 0 Å². The average molecular weight is 141 g/mol. The summed E-state index contributed by atoms with van der Waals surface area (Å²) >= 11 is 0. The summed E-state index contributed by atoms with van der Waals surface area (Å²) < 4.78 is 0. The third-order valence-corrected chi connectivity index (χ3v) is 2.37. The Kier molecular flexibility index (Phi) is 3.20. The quantitative estimate of drug-likeness (QED) is 0.636. The van der Waals surface area contributed by atoms with Gasteiger partial charge < -0.3 is 5.32 Å². The van der Waals surface area contributed by atoms with Crippen LogP contribution < -0.4 is 5.32 Å². The van der Waals surface area contributed by atoms with Gasteiger partial charge in [-0.05, 0) is 26.2 Å². The highest BCUT2D eigenvalue weighted by Gasteiger charge is 2.18. The number of rotatable bonds is 3. The molecule has 1 rings (SSSR count). The van der Waals surface area contributed by atoms with Gasteiger partial charge in [-0.25, -0.2) is 0 Å². The predicted molar refractivity (Wildman–Crippen MR) is 45.1 cm³/mol. The van der Waals surface area contributed by atoms with Gasteiger partial charge in [-0.2, -0.15) is 0 Å². The SMILES string of the molecule is CCCCC1CCC(C)N1. The Hall–Kier alpha value is -0.0400. The van der Waals surface area contributed by atoms with E-state index in [1.54, 1.807) is 0 Å². The Morgan fingerprint density at radius 1 is 1.40 bits per heavy atom. The van der Waals surface area contributed by atoms with Gasteiger partial charge >= 0.3 is 0 Å². The molecule has 1 nitrogen and oxygen atoms in total. The van der Waals surface area contributed by atoms with Crippen molar-refractivity contribution in [1.29, 1.82) is 0 Å². The van der Waals surface area contributed by atoms with Gasteiger partial charge in [0, 0.05) is 12.1 Å². The molecular formula is C9H19N. The summed E-state index contributed by atoms with van der Waals surface area (Å²) in [5, 5.41) is 3.59. The Morgan fingerprint density at radius 3 is 2.70 bits per heavy atom. The van der Waals surface area contributed by atoms with Crippen molar-refractivity contribution in [1.82, 2.24) is 5.32 Å². The number of hydrogen-bond donors (Lipinski definition) is 1. The molecule has 0 amide bonds. The van der Waals surface area contributed by atoms with E-state index in [1.165, 1.54) is 32.1 Å². The molecule has 1 heterocycles. The van der Waals surface area contributed by atoms with Crippen molar-refractivity contribution in [3.63, 3.8) is 0 Å². The Labute approximate surface area is 64.2 Å². The molecule has 0 spiro atoms. The Morgan fingerprint density at radius 2 is 2.20 bits per heavy atom. The summed E-state index contributed by atoms with van der Waals surface area (Å²) in [6.07, 6.45) is 6.91. The van der Waals surface area contributed by atoms with E-state index < -0.39 is 0 Å². The van der Waals surface area contributed by atoms with Crippen LogP contribution in [0.1, 0.15) is 46.0 Å². The lowest BCUT2D eigenvalue weighted by Gasteiger charge is -2.09. The molecule has 0 aromatic rings. The third-order valence-electron chi connectivity index (χ3n) is 2.37. The molecule has 0 aromatic heterocycles. The van der Waals surface area contributed by atoms with E-state index in [9.17, 15) is 0 Å². The van der Waals surface area contributed by atoms with E-state index >= 15 is 0 Å². The maximum Gasteiger partial charge on any atom is 0.00701 e. The van der Waals surface area contributed by atoms with Crippen LogP contribution in [0.15, 0.2) is 0 Å². The minimum absolute atomic E-state index is 0.779. The zero-order chi connectivity index (χ0) is 7.40. The van der Waals surface area contributed by atoms with Gasteiger partial charge in [-0.15, -0.1) is 0 Å². The van der Waals surface area contributed by atoms with Crippen molar-refractivity contribution in [2.45, 2.75) is 58.0 Å². The second-order valence-electron chi connectivity index (χ2n) is 3.48. The summed E-state index contributed by atoms with van der Waals surface area (Å²) in [6.45, 7) is 4.55. The van der Waals surface area contributed by atoms with Crippen LogP contribution in [0.4, 0.5) is 0 Å². The highest BCUT2D eigenvalue weighted by atomic mass is 15.0. The molecule has 1 fully saturated rings. The first-order valence-corrected chi connectivity index (χ1v) is 4.59. The van der Waals surface area contributed by atoms with Gasteiger partial charge in [-0.1, -0.05) is 19.8 Å². The fraction of sp³-hybridized carbons (Fsp3) is 1.00. The second-order valence-corrected chi connectivity index (χ2v) is 3.48. The lowest BCUT2D eigenvalue weighted by atomic mass is 10.1. The van der Waals surface area contributed by atoms with Gasteiger partial charge in [0.15, 0.2) is 0 Å². The lowest BCUT2D eigenvalue weighted by Crippen LogP contribution is -2.26. The maximum absolute atomic E-state index is 3.59. The number of nitrogens with one attached hydrogen (secondary N) is 1. The first-order valence-electron chi connectivity index (χ1n) is 4.59. The van der Waals surface area contributed by atoms with Crippen LogP contribution in [0.25, 0.3) is 0 Å². The normalized spacial score (nSPS) is 33.0. The van der Waals surface area contributed by atoms with Crippen molar-refractivity contribution in [3.05, 3.63) is 0 Å². The summed E-state index contributed by atoms with van der Waals surface area (Å²) in [7, 11) is 0. The predicted octanol–water partition coefficient (Wildman–Crippen LogP) is 2.32. The highest BCUT2D eigenvalue weighted by molar-refractivity contribution is 4.79. The van der Waals surface area contributed by atoms with E-state index in [1.807, 2.05) is 0 Å². The third kappa shape index (κ3) is 2.30. The molecule has 2 unspecified atom stereocenters. The fourth-order valence-corrected chi connectivity index (χ4v) is 1.70. The highest BCUT2D eigenvalue weighted by Crippen LogP contribution is 2.16. The largest absolute Gasteiger partial charge is 0.312 e.